The van der Waals surface area contributed by atoms with Crippen LogP contribution in [0.3, 0.4) is 0 Å². The van der Waals surface area contributed by atoms with Gasteiger partial charge in [0.2, 0.25) is 0 Å². The van der Waals surface area contributed by atoms with E-state index in [9.17, 15) is 4.79 Å². The van der Waals surface area contributed by atoms with Crippen molar-refractivity contribution in [3.8, 4) is 0 Å². The summed E-state index contributed by atoms with van der Waals surface area (Å²) >= 11 is 1.64. The van der Waals surface area contributed by atoms with E-state index in [2.05, 4.69) is 24.1 Å². The van der Waals surface area contributed by atoms with Gasteiger partial charge < -0.3 is 4.74 Å². The second-order valence-corrected chi connectivity index (χ2v) is 5.75. The molecule has 0 aliphatic heterocycles. The van der Waals surface area contributed by atoms with Gasteiger partial charge in [-0.15, -0.1) is 11.3 Å². The van der Waals surface area contributed by atoms with E-state index in [0.717, 1.165) is 16.3 Å². The second kappa shape index (κ2) is 6.71. The molecule has 0 spiro atoms. The third-order valence-corrected chi connectivity index (χ3v) is 3.30. The molecule has 17 heavy (non-hydrogen) atoms. The third kappa shape index (κ3) is 4.83. The number of hydrogen-bond acceptors (Lipinski definition) is 5. The first kappa shape index (κ1) is 14.1. The van der Waals surface area contributed by atoms with Gasteiger partial charge in [-0.3, -0.25) is 10.1 Å². The van der Waals surface area contributed by atoms with Crippen LogP contribution in [0.2, 0.25) is 0 Å². The first-order valence-corrected chi connectivity index (χ1v) is 6.57. The van der Waals surface area contributed by atoms with Gasteiger partial charge in [-0.25, -0.2) is 4.98 Å². The van der Waals surface area contributed by atoms with E-state index in [-0.39, 0.29) is 12.0 Å². The summed E-state index contributed by atoms with van der Waals surface area (Å²) in [6, 6.07) is -0.234. The number of aryl methyl sites for hydroxylation is 1. The van der Waals surface area contributed by atoms with Crippen LogP contribution in [0.4, 0.5) is 0 Å². The summed E-state index contributed by atoms with van der Waals surface area (Å²) < 4.78 is 4.79. The van der Waals surface area contributed by atoms with Crippen molar-refractivity contribution >= 4 is 17.3 Å². The number of aromatic nitrogens is 1. The van der Waals surface area contributed by atoms with E-state index in [4.69, 9.17) is 4.74 Å². The van der Waals surface area contributed by atoms with E-state index in [1.54, 1.807) is 11.3 Å². The number of nitrogens with one attached hydrogen (secondary N) is 1. The van der Waals surface area contributed by atoms with Crippen molar-refractivity contribution in [3.05, 3.63) is 16.1 Å². The Hall–Kier alpha value is -0.940. The maximum Gasteiger partial charge on any atom is 0.322 e. The Morgan fingerprint density at radius 3 is 2.76 bits per heavy atom. The van der Waals surface area contributed by atoms with E-state index in [1.807, 2.05) is 13.1 Å². The number of carbonyl (C=O) groups is 1. The number of hydrogen-bond donors (Lipinski definition) is 1. The first-order valence-electron chi connectivity index (χ1n) is 5.75. The highest BCUT2D eigenvalue weighted by atomic mass is 32.1. The molecule has 1 unspecified atom stereocenters. The molecule has 1 rings (SSSR count). The fourth-order valence-corrected chi connectivity index (χ4v) is 2.33. The molecule has 4 nitrogen and oxygen atoms in total. The van der Waals surface area contributed by atoms with Crippen LogP contribution in [0, 0.1) is 12.8 Å². The molecule has 0 saturated carbocycles. The maximum absolute atomic E-state index is 11.6. The topological polar surface area (TPSA) is 51.2 Å². The average Bonchev–Trinajstić information content (AvgIpc) is 2.68. The van der Waals surface area contributed by atoms with Crippen LogP contribution < -0.4 is 5.32 Å². The van der Waals surface area contributed by atoms with E-state index in [1.165, 1.54) is 7.11 Å². The number of esters is 1. The zero-order valence-electron chi connectivity index (χ0n) is 10.8. The number of ether oxygens (including phenoxy) is 1. The Bertz CT molecular complexity index is 363. The number of methoxy groups -OCH3 is 1. The van der Waals surface area contributed by atoms with Crippen LogP contribution in [0.5, 0.6) is 0 Å². The molecule has 1 heterocycles. The fourth-order valence-electron chi connectivity index (χ4n) is 1.59. The van der Waals surface area contributed by atoms with Crippen LogP contribution in [-0.4, -0.2) is 24.1 Å². The summed E-state index contributed by atoms with van der Waals surface area (Å²) in [5, 5.41) is 4.27. The summed E-state index contributed by atoms with van der Waals surface area (Å²) in [7, 11) is 1.42. The highest BCUT2D eigenvalue weighted by Gasteiger charge is 2.19. The number of rotatable bonds is 6. The molecule has 0 bridgehead atoms. The lowest BCUT2D eigenvalue weighted by atomic mass is 10.0. The minimum absolute atomic E-state index is 0.195. The molecule has 96 valence electrons. The van der Waals surface area contributed by atoms with E-state index >= 15 is 0 Å². The SMILES string of the molecule is COC(=O)C(CC(C)C)NCc1cnc(C)s1. The first-order chi connectivity index (χ1) is 8.02. The average molecular weight is 256 g/mol. The zero-order valence-corrected chi connectivity index (χ0v) is 11.6. The van der Waals surface area contributed by atoms with Gasteiger partial charge in [0, 0.05) is 17.6 Å². The highest BCUT2D eigenvalue weighted by Crippen LogP contribution is 2.12. The summed E-state index contributed by atoms with van der Waals surface area (Å²) in [4.78, 5) is 16.9. The van der Waals surface area contributed by atoms with Crippen molar-refractivity contribution < 1.29 is 9.53 Å². The van der Waals surface area contributed by atoms with Crippen LogP contribution in [0.1, 0.15) is 30.2 Å². The minimum atomic E-state index is -0.234. The molecule has 0 radical (unpaired) electrons. The molecule has 1 aromatic heterocycles. The van der Waals surface area contributed by atoms with Crippen molar-refractivity contribution in [1.29, 1.82) is 0 Å². The lowest BCUT2D eigenvalue weighted by Crippen LogP contribution is -2.38. The summed E-state index contributed by atoms with van der Waals surface area (Å²) in [6.07, 6.45) is 2.63. The minimum Gasteiger partial charge on any atom is -0.468 e. The Morgan fingerprint density at radius 2 is 2.29 bits per heavy atom. The summed E-state index contributed by atoms with van der Waals surface area (Å²) in [5.74, 6) is 0.259. The van der Waals surface area contributed by atoms with Crippen LogP contribution in [0.15, 0.2) is 6.20 Å². The molecule has 0 aliphatic rings. The number of thiazole rings is 1. The molecule has 1 atom stereocenters. The Balaban J connectivity index is 2.51. The predicted octanol–water partition coefficient (Wildman–Crippen LogP) is 2.13. The van der Waals surface area contributed by atoms with Gasteiger partial charge in [0.1, 0.15) is 6.04 Å². The normalized spacial score (nSPS) is 12.8. The van der Waals surface area contributed by atoms with Gasteiger partial charge in [-0.2, -0.15) is 0 Å². The van der Waals surface area contributed by atoms with Gasteiger partial charge in [-0.1, -0.05) is 13.8 Å². The highest BCUT2D eigenvalue weighted by molar-refractivity contribution is 7.11. The lowest BCUT2D eigenvalue weighted by Gasteiger charge is -2.17. The molecule has 5 heteroatoms. The van der Waals surface area contributed by atoms with Crippen molar-refractivity contribution in [2.24, 2.45) is 5.92 Å². The van der Waals surface area contributed by atoms with Crippen molar-refractivity contribution in [1.82, 2.24) is 10.3 Å². The Morgan fingerprint density at radius 1 is 1.59 bits per heavy atom. The van der Waals surface area contributed by atoms with Crippen molar-refractivity contribution in [3.63, 3.8) is 0 Å². The van der Waals surface area contributed by atoms with E-state index < -0.39 is 0 Å². The van der Waals surface area contributed by atoms with Crippen molar-refractivity contribution in [2.75, 3.05) is 7.11 Å². The zero-order chi connectivity index (χ0) is 12.8. The monoisotopic (exact) mass is 256 g/mol. The molecular formula is C12H20N2O2S. The summed E-state index contributed by atoms with van der Waals surface area (Å²) in [6.45, 7) is 6.82. The lowest BCUT2D eigenvalue weighted by molar-refractivity contribution is -0.143. The van der Waals surface area contributed by atoms with Crippen LogP contribution in [-0.2, 0) is 16.1 Å². The molecule has 1 N–H and O–H groups in total. The molecule has 1 aromatic rings. The summed E-state index contributed by atoms with van der Waals surface area (Å²) in [5.41, 5.74) is 0. The smallest absolute Gasteiger partial charge is 0.322 e. The van der Waals surface area contributed by atoms with Gasteiger partial charge >= 0.3 is 5.97 Å². The molecular weight excluding hydrogens is 236 g/mol. The largest absolute Gasteiger partial charge is 0.468 e. The Labute approximate surface area is 106 Å². The molecule has 0 amide bonds. The second-order valence-electron chi connectivity index (χ2n) is 4.43. The third-order valence-electron chi connectivity index (χ3n) is 2.38. The van der Waals surface area contributed by atoms with Gasteiger partial charge in [0.05, 0.1) is 12.1 Å². The molecule has 0 saturated heterocycles. The fraction of sp³-hybridized carbons (Fsp3) is 0.667. The predicted molar refractivity (Wildman–Crippen MR) is 68.9 cm³/mol. The van der Waals surface area contributed by atoms with Gasteiger partial charge in [-0.05, 0) is 19.3 Å². The molecule has 0 aliphatic carbocycles. The quantitative estimate of drug-likeness (QED) is 0.792. The molecule has 0 aromatic carbocycles. The van der Waals surface area contributed by atoms with Gasteiger partial charge in [0.15, 0.2) is 0 Å². The van der Waals surface area contributed by atoms with Gasteiger partial charge in [0.25, 0.3) is 0 Å². The van der Waals surface area contributed by atoms with Crippen LogP contribution in [0.25, 0.3) is 0 Å². The number of nitrogens with zero attached hydrogens (tertiary/aromatic N) is 1. The molecule has 0 fully saturated rings. The Kier molecular flexibility index (Phi) is 5.58. The standard InChI is InChI=1S/C12H20N2O2S/c1-8(2)5-11(12(15)16-4)14-7-10-6-13-9(3)17-10/h6,8,11,14H,5,7H2,1-4H3. The maximum atomic E-state index is 11.6. The number of carbonyl (C=O) groups excluding carboxylic acids is 1. The van der Waals surface area contributed by atoms with Crippen LogP contribution >= 0.6 is 11.3 Å². The van der Waals surface area contributed by atoms with E-state index in [0.29, 0.717) is 12.5 Å². The van der Waals surface area contributed by atoms with Crippen molar-refractivity contribution in [2.45, 2.75) is 39.8 Å².